The van der Waals surface area contributed by atoms with Gasteiger partial charge in [-0.3, -0.25) is 9.59 Å². The lowest BCUT2D eigenvalue weighted by atomic mass is 10.2. The molecule has 18 heavy (non-hydrogen) atoms. The van der Waals surface area contributed by atoms with E-state index < -0.39 is 11.8 Å². The van der Waals surface area contributed by atoms with Gasteiger partial charge in [0, 0.05) is 25.3 Å². The van der Waals surface area contributed by atoms with Gasteiger partial charge in [-0.1, -0.05) is 12.1 Å². The topological polar surface area (TPSA) is 70.7 Å². The first-order valence-electron chi connectivity index (χ1n) is 5.67. The summed E-state index contributed by atoms with van der Waals surface area (Å²) in [5.41, 5.74) is 4.50. The minimum atomic E-state index is -0.550. The Hall–Kier alpha value is -1.92. The molecular formula is C12H15N3O3. The normalized spacial score (nSPS) is 15.7. The first-order chi connectivity index (χ1) is 8.72. The monoisotopic (exact) mass is 249 g/mol. The number of carbonyl (C=O) groups excluding carboxylic acids is 2. The van der Waals surface area contributed by atoms with Crippen molar-refractivity contribution >= 4 is 17.5 Å². The van der Waals surface area contributed by atoms with Crippen molar-refractivity contribution < 1.29 is 14.4 Å². The number of nitrogens with zero attached hydrogens (tertiary/aromatic N) is 1. The Balaban J connectivity index is 2.09. The van der Waals surface area contributed by atoms with Crippen LogP contribution in [0.1, 0.15) is 5.56 Å². The Labute approximate surface area is 105 Å². The van der Waals surface area contributed by atoms with E-state index in [9.17, 15) is 9.59 Å². The number of hydrogen-bond acceptors (Lipinski definition) is 4. The van der Waals surface area contributed by atoms with E-state index in [1.807, 2.05) is 24.3 Å². The molecule has 0 spiro atoms. The number of rotatable bonds is 4. The zero-order chi connectivity index (χ0) is 13.0. The van der Waals surface area contributed by atoms with Crippen LogP contribution in [0.3, 0.4) is 0 Å². The summed E-state index contributed by atoms with van der Waals surface area (Å²) >= 11 is 0. The summed E-state index contributed by atoms with van der Waals surface area (Å²) < 4.78 is 0. The van der Waals surface area contributed by atoms with Crippen molar-refractivity contribution in [1.29, 1.82) is 0 Å². The average Bonchev–Trinajstić information content (AvgIpc) is 2.40. The van der Waals surface area contributed by atoms with Gasteiger partial charge in [0.15, 0.2) is 0 Å². The fourth-order valence-electron chi connectivity index (χ4n) is 1.78. The lowest BCUT2D eigenvalue weighted by molar-refractivity contribution is -0.138. The highest BCUT2D eigenvalue weighted by Gasteiger charge is 2.26. The number of carbonyl (C=O) groups is 2. The smallest absolute Gasteiger partial charge is 0.316 e. The third-order valence-corrected chi connectivity index (χ3v) is 2.73. The van der Waals surface area contributed by atoms with Crippen LogP contribution >= 0.6 is 0 Å². The molecule has 0 unspecified atom stereocenters. The first kappa shape index (κ1) is 12.5. The van der Waals surface area contributed by atoms with E-state index in [0.29, 0.717) is 19.6 Å². The molecule has 1 heterocycles. The van der Waals surface area contributed by atoms with Crippen LogP contribution in [0.15, 0.2) is 24.3 Å². The minimum Gasteiger partial charge on any atom is -0.346 e. The van der Waals surface area contributed by atoms with Crippen molar-refractivity contribution in [2.45, 2.75) is 6.54 Å². The number of piperazine rings is 1. The Bertz CT molecular complexity index is 444. The van der Waals surface area contributed by atoms with Crippen molar-refractivity contribution in [2.75, 3.05) is 25.1 Å². The van der Waals surface area contributed by atoms with Crippen LogP contribution in [0.2, 0.25) is 0 Å². The van der Waals surface area contributed by atoms with Gasteiger partial charge in [0.05, 0.1) is 7.11 Å². The molecule has 6 nitrogen and oxygen atoms in total. The quantitative estimate of drug-likeness (QED) is 0.572. The average molecular weight is 249 g/mol. The van der Waals surface area contributed by atoms with Crippen molar-refractivity contribution in [3.63, 3.8) is 0 Å². The third-order valence-electron chi connectivity index (χ3n) is 2.73. The van der Waals surface area contributed by atoms with Gasteiger partial charge in [-0.25, -0.2) is 0 Å². The van der Waals surface area contributed by atoms with E-state index >= 15 is 0 Å². The van der Waals surface area contributed by atoms with Crippen molar-refractivity contribution in [3.8, 4) is 0 Å². The van der Waals surface area contributed by atoms with E-state index in [-0.39, 0.29) is 0 Å². The maximum atomic E-state index is 11.7. The van der Waals surface area contributed by atoms with Crippen LogP contribution in [0.5, 0.6) is 0 Å². The van der Waals surface area contributed by atoms with Crippen LogP contribution in [-0.2, 0) is 21.0 Å². The zero-order valence-corrected chi connectivity index (χ0v) is 10.1. The van der Waals surface area contributed by atoms with Crippen LogP contribution in [0.4, 0.5) is 5.69 Å². The Morgan fingerprint density at radius 2 is 2.06 bits per heavy atom. The summed E-state index contributed by atoms with van der Waals surface area (Å²) in [5.74, 6) is -1.06. The summed E-state index contributed by atoms with van der Waals surface area (Å²) in [6, 6.07) is 7.43. The van der Waals surface area contributed by atoms with E-state index in [1.54, 1.807) is 7.11 Å². The van der Waals surface area contributed by atoms with Gasteiger partial charge in [0.25, 0.3) is 0 Å². The van der Waals surface area contributed by atoms with Crippen LogP contribution in [0, 0.1) is 0 Å². The van der Waals surface area contributed by atoms with Crippen LogP contribution < -0.4 is 15.7 Å². The molecular weight excluding hydrogens is 234 g/mol. The van der Waals surface area contributed by atoms with Crippen molar-refractivity contribution in [3.05, 3.63) is 29.8 Å². The Kier molecular flexibility index (Phi) is 3.91. The molecule has 1 aromatic carbocycles. The molecule has 0 aromatic heterocycles. The largest absolute Gasteiger partial charge is 0.346 e. The van der Waals surface area contributed by atoms with Gasteiger partial charge in [-0.15, -0.1) is 0 Å². The zero-order valence-electron chi connectivity index (χ0n) is 10.1. The van der Waals surface area contributed by atoms with Gasteiger partial charge >= 0.3 is 11.8 Å². The SMILES string of the molecule is CONCc1ccc(N2CCNC(=O)C2=O)cc1. The Morgan fingerprint density at radius 3 is 2.72 bits per heavy atom. The minimum absolute atomic E-state index is 0.484. The molecule has 1 fully saturated rings. The maximum Gasteiger partial charge on any atom is 0.316 e. The van der Waals surface area contributed by atoms with Crippen molar-refractivity contribution in [2.24, 2.45) is 0 Å². The lowest BCUT2D eigenvalue weighted by Gasteiger charge is -2.26. The summed E-state index contributed by atoms with van der Waals surface area (Å²) in [6.07, 6.45) is 0. The number of hydroxylamine groups is 1. The second kappa shape index (κ2) is 5.61. The van der Waals surface area contributed by atoms with E-state index in [4.69, 9.17) is 4.84 Å². The molecule has 2 N–H and O–H groups in total. The second-order valence-electron chi connectivity index (χ2n) is 3.90. The second-order valence-corrected chi connectivity index (χ2v) is 3.90. The number of amides is 2. The molecule has 2 rings (SSSR count). The van der Waals surface area contributed by atoms with E-state index in [2.05, 4.69) is 10.8 Å². The molecule has 0 radical (unpaired) electrons. The summed E-state index contributed by atoms with van der Waals surface area (Å²) in [6.45, 7) is 1.57. The molecule has 2 amide bonds. The molecule has 1 saturated heterocycles. The van der Waals surface area contributed by atoms with Gasteiger partial charge in [-0.05, 0) is 17.7 Å². The van der Waals surface area contributed by atoms with Crippen molar-refractivity contribution in [1.82, 2.24) is 10.8 Å². The fraction of sp³-hybridized carbons (Fsp3) is 0.333. The predicted molar refractivity (Wildman–Crippen MR) is 65.7 cm³/mol. The molecule has 0 bridgehead atoms. The van der Waals surface area contributed by atoms with Crippen LogP contribution in [-0.4, -0.2) is 32.0 Å². The van der Waals surface area contributed by atoms with Gasteiger partial charge in [0.2, 0.25) is 0 Å². The summed E-state index contributed by atoms with van der Waals surface area (Å²) in [7, 11) is 1.55. The summed E-state index contributed by atoms with van der Waals surface area (Å²) in [5, 5.41) is 2.51. The number of benzene rings is 1. The number of anilines is 1. The lowest BCUT2D eigenvalue weighted by Crippen LogP contribution is -2.52. The van der Waals surface area contributed by atoms with Crippen LogP contribution in [0.25, 0.3) is 0 Å². The van der Waals surface area contributed by atoms with E-state index in [1.165, 1.54) is 4.90 Å². The highest BCUT2D eigenvalue weighted by atomic mass is 16.6. The predicted octanol–water partition coefficient (Wildman–Crippen LogP) is -0.200. The maximum absolute atomic E-state index is 11.7. The molecule has 1 aromatic rings. The molecule has 6 heteroatoms. The van der Waals surface area contributed by atoms with Gasteiger partial charge in [-0.2, -0.15) is 5.48 Å². The van der Waals surface area contributed by atoms with E-state index in [0.717, 1.165) is 11.3 Å². The highest BCUT2D eigenvalue weighted by Crippen LogP contribution is 2.16. The fourth-order valence-corrected chi connectivity index (χ4v) is 1.78. The third kappa shape index (κ3) is 2.66. The number of nitrogens with one attached hydrogen (secondary N) is 2. The molecule has 0 aliphatic carbocycles. The highest BCUT2D eigenvalue weighted by molar-refractivity contribution is 6.41. The summed E-state index contributed by atoms with van der Waals surface area (Å²) in [4.78, 5) is 29.2. The standard InChI is InChI=1S/C12H15N3O3/c1-18-14-8-9-2-4-10(5-3-9)15-7-6-13-11(16)12(15)17/h2-5,14H,6-8H2,1H3,(H,13,16). The molecule has 0 atom stereocenters. The number of hydrogen-bond donors (Lipinski definition) is 2. The molecule has 96 valence electrons. The Morgan fingerprint density at radius 1 is 1.33 bits per heavy atom. The molecule has 1 aliphatic rings. The molecule has 1 aliphatic heterocycles. The first-order valence-corrected chi connectivity index (χ1v) is 5.67. The van der Waals surface area contributed by atoms with Gasteiger partial charge < -0.3 is 15.1 Å². The molecule has 0 saturated carbocycles. The van der Waals surface area contributed by atoms with Gasteiger partial charge in [0.1, 0.15) is 0 Å².